The number of hydrogen-bond donors (Lipinski definition) is 4. The van der Waals surface area contributed by atoms with E-state index in [0.29, 0.717) is 0 Å². The van der Waals surface area contributed by atoms with E-state index in [4.69, 9.17) is 19.9 Å². The van der Waals surface area contributed by atoms with Crippen molar-refractivity contribution in [3.63, 3.8) is 0 Å². The van der Waals surface area contributed by atoms with E-state index in [1.54, 1.807) is 13.8 Å². The Hall–Kier alpha value is -1.44. The van der Waals surface area contributed by atoms with Crippen molar-refractivity contribution in [2.24, 2.45) is 5.73 Å². The van der Waals surface area contributed by atoms with Crippen molar-refractivity contribution < 1.29 is 19.3 Å². The molecule has 2 fully saturated rings. The highest BCUT2D eigenvalue weighted by Crippen LogP contribution is 2.40. The Morgan fingerprint density at radius 3 is 2.71 bits per heavy atom. The van der Waals surface area contributed by atoms with Gasteiger partial charge in [-0.25, -0.2) is 0 Å². The maximum Gasteiger partial charge on any atom is 0.182 e. The Balaban J connectivity index is 2.14. The van der Waals surface area contributed by atoms with Gasteiger partial charge in [-0.15, -0.1) is 0 Å². The molecule has 0 bridgehead atoms. The fraction of sp³-hybridized carbons (Fsp3) is 0.667. The summed E-state index contributed by atoms with van der Waals surface area (Å²) < 4.78 is 17.2. The third-order valence-electron chi connectivity index (χ3n) is 3.19. The molecule has 2 aliphatic rings. The molecule has 2 heterocycles. The number of nitrogens with one attached hydrogen (secondary N) is 2. The van der Waals surface area contributed by atoms with Crippen molar-refractivity contribution in [2.75, 3.05) is 6.61 Å². The second kappa shape index (κ2) is 6.13. The summed E-state index contributed by atoms with van der Waals surface area (Å²) in [6.45, 7) is 3.34. The van der Waals surface area contributed by atoms with Crippen LogP contribution in [0, 0.1) is 11.3 Å². The molecule has 116 valence electrons. The van der Waals surface area contributed by atoms with Crippen LogP contribution in [0.1, 0.15) is 13.8 Å². The van der Waals surface area contributed by atoms with Crippen molar-refractivity contribution in [1.82, 2.24) is 10.9 Å². The third kappa shape index (κ3) is 3.42. The van der Waals surface area contributed by atoms with Gasteiger partial charge in [-0.2, -0.15) is 5.26 Å². The maximum atomic E-state index is 9.38. The largest absolute Gasteiger partial charge is 0.394 e. The van der Waals surface area contributed by atoms with Crippen molar-refractivity contribution >= 4 is 17.3 Å². The second-order valence-electron chi connectivity index (χ2n) is 5.19. The molecule has 0 aromatic carbocycles. The molecular formula is C12H18N4O4S. The van der Waals surface area contributed by atoms with Crippen LogP contribution in [0.2, 0.25) is 0 Å². The number of ether oxygens (including phenoxy) is 3. The number of fused-ring (bicyclic) bond motifs is 1. The van der Waals surface area contributed by atoms with Gasteiger partial charge in [0, 0.05) is 6.20 Å². The van der Waals surface area contributed by atoms with Crippen LogP contribution in [0.15, 0.2) is 11.8 Å². The average Bonchev–Trinajstić information content (AvgIpc) is 2.88. The van der Waals surface area contributed by atoms with Gasteiger partial charge < -0.3 is 30.5 Å². The van der Waals surface area contributed by atoms with Gasteiger partial charge >= 0.3 is 0 Å². The lowest BCUT2D eigenvalue weighted by Crippen LogP contribution is -2.39. The van der Waals surface area contributed by atoms with Crippen LogP contribution in [0.4, 0.5) is 0 Å². The molecule has 0 amide bonds. The first-order valence-corrected chi connectivity index (χ1v) is 6.82. The van der Waals surface area contributed by atoms with Crippen molar-refractivity contribution in [1.29, 1.82) is 5.26 Å². The molecule has 21 heavy (non-hydrogen) atoms. The number of aliphatic hydroxyl groups excluding tert-OH is 1. The zero-order valence-corrected chi connectivity index (χ0v) is 12.5. The quantitative estimate of drug-likeness (QED) is 0.294. The number of nitrogens with two attached hydrogens (primary N) is 1. The third-order valence-corrected chi connectivity index (χ3v) is 3.29. The molecule has 0 saturated carbocycles. The van der Waals surface area contributed by atoms with Crippen molar-refractivity contribution in [2.45, 2.75) is 44.1 Å². The van der Waals surface area contributed by atoms with Gasteiger partial charge in [0.2, 0.25) is 0 Å². The first-order valence-electron chi connectivity index (χ1n) is 6.41. The van der Waals surface area contributed by atoms with E-state index in [1.165, 1.54) is 6.20 Å². The van der Waals surface area contributed by atoms with E-state index in [-0.39, 0.29) is 17.3 Å². The highest BCUT2D eigenvalue weighted by atomic mass is 32.1. The Morgan fingerprint density at radius 2 is 2.14 bits per heavy atom. The van der Waals surface area contributed by atoms with Gasteiger partial charge in [0.1, 0.15) is 24.4 Å². The summed E-state index contributed by atoms with van der Waals surface area (Å²) in [5, 5.41) is 18.7. The van der Waals surface area contributed by atoms with E-state index in [1.807, 2.05) is 6.07 Å². The molecule has 0 aliphatic carbocycles. The van der Waals surface area contributed by atoms with Gasteiger partial charge in [0.15, 0.2) is 10.9 Å². The van der Waals surface area contributed by atoms with Crippen LogP contribution < -0.4 is 16.6 Å². The Morgan fingerprint density at radius 1 is 1.48 bits per heavy atom. The summed E-state index contributed by atoms with van der Waals surface area (Å²) in [5.41, 5.74) is 10.7. The molecule has 2 saturated heterocycles. The number of nitrogens with zero attached hydrogens (tertiary/aromatic N) is 1. The van der Waals surface area contributed by atoms with E-state index >= 15 is 0 Å². The molecular weight excluding hydrogens is 296 g/mol. The zero-order chi connectivity index (χ0) is 15.6. The van der Waals surface area contributed by atoms with Crippen LogP contribution in [0.3, 0.4) is 0 Å². The van der Waals surface area contributed by atoms with Gasteiger partial charge in [-0.1, -0.05) is 0 Å². The number of thiocarbonyl (C=S) groups is 1. The maximum absolute atomic E-state index is 9.38. The van der Waals surface area contributed by atoms with Gasteiger partial charge in [-0.3, -0.25) is 5.43 Å². The first-order chi connectivity index (χ1) is 9.88. The van der Waals surface area contributed by atoms with Crippen molar-refractivity contribution in [3.8, 4) is 6.07 Å². The predicted molar refractivity (Wildman–Crippen MR) is 76.3 cm³/mol. The molecule has 8 nitrogen and oxygen atoms in total. The topological polar surface area (TPSA) is 122 Å². The molecule has 5 N–H and O–H groups in total. The summed E-state index contributed by atoms with van der Waals surface area (Å²) in [6, 6.07) is 2.03. The van der Waals surface area contributed by atoms with E-state index in [0.717, 1.165) is 0 Å². The SMILES string of the molecule is CC1(C)O[C@@H]2[C@@H](CO)OC(C(C#N)=CNNC(N)=S)[C@@H]2O1. The highest BCUT2D eigenvalue weighted by molar-refractivity contribution is 7.80. The smallest absolute Gasteiger partial charge is 0.182 e. The number of hydrazine groups is 1. The molecule has 0 aromatic heterocycles. The lowest BCUT2D eigenvalue weighted by atomic mass is 10.0. The minimum Gasteiger partial charge on any atom is -0.394 e. The fourth-order valence-corrected chi connectivity index (χ4v) is 2.50. The molecule has 9 heteroatoms. The average molecular weight is 314 g/mol. The summed E-state index contributed by atoms with van der Waals surface area (Å²) in [5.74, 6) is -0.782. The van der Waals surface area contributed by atoms with Gasteiger partial charge in [-0.05, 0) is 26.1 Å². The molecule has 4 atom stereocenters. The van der Waals surface area contributed by atoms with E-state index in [2.05, 4.69) is 23.1 Å². The number of hydrogen-bond acceptors (Lipinski definition) is 7. The van der Waals surface area contributed by atoms with Crippen LogP contribution in [0.25, 0.3) is 0 Å². The Labute approximate surface area is 127 Å². The monoisotopic (exact) mass is 314 g/mol. The Bertz CT molecular complexity index is 490. The van der Waals surface area contributed by atoms with Crippen LogP contribution >= 0.6 is 12.2 Å². The number of aliphatic hydroxyl groups is 1. The summed E-state index contributed by atoms with van der Waals surface area (Å²) in [7, 11) is 0. The number of rotatable bonds is 4. The lowest BCUT2D eigenvalue weighted by Gasteiger charge is -2.23. The molecule has 0 radical (unpaired) electrons. The van der Waals surface area contributed by atoms with Gasteiger partial charge in [0.05, 0.1) is 18.2 Å². The standard InChI is InChI=1S/C12H18N4O4S/c1-12(2)19-9-7(5-17)18-8(10(9)20-12)6(3-13)4-15-16-11(14)21/h4,7-10,15,17H,5H2,1-2H3,(H3,14,16,21)/t7-,8?,9-,10+/m1/s1. The van der Waals surface area contributed by atoms with Crippen LogP contribution in [-0.4, -0.2) is 47.0 Å². The molecule has 0 spiro atoms. The highest BCUT2D eigenvalue weighted by Gasteiger charge is 2.55. The molecule has 2 aliphatic heterocycles. The minimum absolute atomic E-state index is 0.0450. The van der Waals surface area contributed by atoms with E-state index < -0.39 is 30.2 Å². The summed E-state index contributed by atoms with van der Waals surface area (Å²) >= 11 is 4.64. The molecule has 1 unspecified atom stereocenters. The predicted octanol–water partition coefficient (Wildman–Crippen LogP) is -0.989. The van der Waals surface area contributed by atoms with Crippen LogP contribution in [-0.2, 0) is 14.2 Å². The zero-order valence-electron chi connectivity index (χ0n) is 11.7. The minimum atomic E-state index is -0.782. The number of nitriles is 1. The summed E-state index contributed by atoms with van der Waals surface area (Å²) in [6.07, 6.45) is -0.665. The van der Waals surface area contributed by atoms with E-state index in [9.17, 15) is 10.4 Å². The normalized spacial score (nSPS) is 34.1. The first kappa shape index (κ1) is 15.9. The summed E-state index contributed by atoms with van der Waals surface area (Å²) in [4.78, 5) is 0. The Kier molecular flexibility index (Phi) is 4.65. The van der Waals surface area contributed by atoms with Crippen LogP contribution in [0.5, 0.6) is 0 Å². The molecule has 2 rings (SSSR count). The second-order valence-corrected chi connectivity index (χ2v) is 5.63. The molecule has 0 aromatic rings. The fourth-order valence-electron chi connectivity index (χ4n) is 2.44. The lowest BCUT2D eigenvalue weighted by molar-refractivity contribution is -0.185. The van der Waals surface area contributed by atoms with Crippen molar-refractivity contribution in [3.05, 3.63) is 11.8 Å². The van der Waals surface area contributed by atoms with Gasteiger partial charge in [0.25, 0.3) is 0 Å².